The minimum atomic E-state index is -0.398. The van der Waals surface area contributed by atoms with Gasteiger partial charge in [-0.3, -0.25) is 9.69 Å². The summed E-state index contributed by atoms with van der Waals surface area (Å²) in [5.74, 6) is 1.50. The zero-order valence-electron chi connectivity index (χ0n) is 23.0. The number of methoxy groups -OCH3 is 1. The molecule has 1 saturated heterocycles. The van der Waals surface area contributed by atoms with Gasteiger partial charge in [0.2, 0.25) is 0 Å². The van der Waals surface area contributed by atoms with Crippen LogP contribution in [0.3, 0.4) is 0 Å². The van der Waals surface area contributed by atoms with Crippen molar-refractivity contribution in [1.82, 2.24) is 30.1 Å². The molecule has 204 valence electrons. The van der Waals surface area contributed by atoms with Gasteiger partial charge in [-0.05, 0) is 77.2 Å². The maximum Gasteiger partial charge on any atom is 0.253 e. The summed E-state index contributed by atoms with van der Waals surface area (Å²) in [6.45, 7) is 7.75. The van der Waals surface area contributed by atoms with E-state index >= 15 is 0 Å². The standard InChI is InChI=1S/C31H33N7O2/c1-21-17-22(2)28-24(18-21)19-27(31(39)32-28)29(30-33-34-35-38(30)20-23-7-5-4-6-8-23)37-15-13-36(14-16-37)25-9-11-26(40-3)12-10-25/h4-12,17-19,29H,13-16,20H2,1-3H3,(H,32,39)/t29-/m1/s1. The van der Waals surface area contributed by atoms with Gasteiger partial charge in [0.25, 0.3) is 5.56 Å². The Morgan fingerprint density at radius 2 is 1.70 bits per heavy atom. The zero-order valence-corrected chi connectivity index (χ0v) is 23.0. The fourth-order valence-electron chi connectivity index (χ4n) is 5.71. The smallest absolute Gasteiger partial charge is 0.253 e. The van der Waals surface area contributed by atoms with Gasteiger partial charge in [0.1, 0.15) is 11.8 Å². The second-order valence-electron chi connectivity index (χ2n) is 10.4. The van der Waals surface area contributed by atoms with Crippen LogP contribution in [0.15, 0.2) is 77.6 Å². The molecule has 5 aromatic rings. The number of nitrogens with one attached hydrogen (secondary N) is 1. The predicted molar refractivity (Wildman–Crippen MR) is 156 cm³/mol. The number of benzene rings is 3. The lowest BCUT2D eigenvalue weighted by Gasteiger charge is -2.39. The van der Waals surface area contributed by atoms with Crippen LogP contribution in [-0.4, -0.2) is 63.4 Å². The van der Waals surface area contributed by atoms with Crippen LogP contribution in [0.4, 0.5) is 5.69 Å². The highest BCUT2D eigenvalue weighted by atomic mass is 16.5. The Balaban J connectivity index is 1.38. The average Bonchev–Trinajstić information content (AvgIpc) is 3.42. The quantitative estimate of drug-likeness (QED) is 0.336. The van der Waals surface area contributed by atoms with Gasteiger partial charge in [-0.2, -0.15) is 0 Å². The van der Waals surface area contributed by atoms with Crippen molar-refractivity contribution in [2.24, 2.45) is 0 Å². The number of tetrazole rings is 1. The SMILES string of the molecule is COc1ccc(N2CCN([C@H](c3cc4cc(C)cc(C)c4[nH]c3=O)c3nnnn3Cc3ccccc3)CC2)cc1. The van der Waals surface area contributed by atoms with Crippen molar-refractivity contribution in [3.63, 3.8) is 0 Å². The molecule has 0 spiro atoms. The first-order valence-corrected chi connectivity index (χ1v) is 13.6. The van der Waals surface area contributed by atoms with Crippen LogP contribution in [0.25, 0.3) is 10.9 Å². The topological polar surface area (TPSA) is 92.2 Å². The van der Waals surface area contributed by atoms with Gasteiger partial charge in [0.15, 0.2) is 5.82 Å². The number of H-pyrrole nitrogens is 1. The molecule has 40 heavy (non-hydrogen) atoms. The Hall–Kier alpha value is -4.50. The highest BCUT2D eigenvalue weighted by Crippen LogP contribution is 2.30. The van der Waals surface area contributed by atoms with Crippen LogP contribution in [-0.2, 0) is 6.54 Å². The fourth-order valence-corrected chi connectivity index (χ4v) is 5.71. The van der Waals surface area contributed by atoms with E-state index in [0.717, 1.165) is 65.2 Å². The van der Waals surface area contributed by atoms with Crippen molar-refractivity contribution in [2.75, 3.05) is 38.2 Å². The second kappa shape index (κ2) is 10.9. The van der Waals surface area contributed by atoms with E-state index in [-0.39, 0.29) is 5.56 Å². The van der Waals surface area contributed by atoms with Crippen molar-refractivity contribution in [1.29, 1.82) is 0 Å². The van der Waals surface area contributed by atoms with E-state index in [9.17, 15) is 4.79 Å². The average molecular weight is 536 g/mol. The summed E-state index contributed by atoms with van der Waals surface area (Å²) >= 11 is 0. The summed E-state index contributed by atoms with van der Waals surface area (Å²) in [6.07, 6.45) is 0. The lowest BCUT2D eigenvalue weighted by atomic mass is 10.00. The maximum atomic E-state index is 13.7. The Morgan fingerprint density at radius 1 is 0.950 bits per heavy atom. The molecule has 0 amide bonds. The minimum absolute atomic E-state index is 0.115. The van der Waals surface area contributed by atoms with Crippen molar-refractivity contribution in [3.05, 3.63) is 111 Å². The van der Waals surface area contributed by atoms with Crippen molar-refractivity contribution in [3.8, 4) is 5.75 Å². The highest BCUT2D eigenvalue weighted by Gasteiger charge is 2.33. The summed E-state index contributed by atoms with van der Waals surface area (Å²) in [7, 11) is 1.68. The van der Waals surface area contributed by atoms with E-state index in [2.05, 4.69) is 73.6 Å². The van der Waals surface area contributed by atoms with E-state index in [1.807, 2.05) is 48.0 Å². The fraction of sp³-hybridized carbons (Fsp3) is 0.290. The lowest BCUT2D eigenvalue weighted by molar-refractivity contribution is 0.200. The maximum absolute atomic E-state index is 13.7. The van der Waals surface area contributed by atoms with E-state index in [1.165, 1.54) is 0 Å². The molecule has 3 aromatic carbocycles. The molecule has 1 atom stereocenters. The van der Waals surface area contributed by atoms with Gasteiger partial charge in [-0.25, -0.2) is 4.68 Å². The first kappa shape index (κ1) is 25.8. The summed E-state index contributed by atoms with van der Waals surface area (Å²) < 4.78 is 7.15. The van der Waals surface area contributed by atoms with Crippen LogP contribution < -0.4 is 15.2 Å². The monoisotopic (exact) mass is 535 g/mol. The van der Waals surface area contributed by atoms with Gasteiger partial charge in [0, 0.05) is 37.4 Å². The van der Waals surface area contributed by atoms with Gasteiger partial charge < -0.3 is 14.6 Å². The minimum Gasteiger partial charge on any atom is -0.497 e. The van der Waals surface area contributed by atoms with Gasteiger partial charge >= 0.3 is 0 Å². The highest BCUT2D eigenvalue weighted by molar-refractivity contribution is 5.83. The first-order chi connectivity index (χ1) is 19.5. The van der Waals surface area contributed by atoms with E-state index in [1.54, 1.807) is 7.11 Å². The van der Waals surface area contributed by atoms with Gasteiger partial charge in [-0.15, -0.1) is 5.10 Å². The number of fused-ring (bicyclic) bond motifs is 1. The molecule has 9 heteroatoms. The number of hydrogen-bond donors (Lipinski definition) is 1. The number of aromatic nitrogens is 5. The van der Waals surface area contributed by atoms with E-state index in [0.29, 0.717) is 17.9 Å². The molecule has 1 fully saturated rings. The van der Waals surface area contributed by atoms with E-state index in [4.69, 9.17) is 4.74 Å². The van der Waals surface area contributed by atoms with Crippen LogP contribution in [0.2, 0.25) is 0 Å². The van der Waals surface area contributed by atoms with Gasteiger partial charge in [-0.1, -0.05) is 42.0 Å². The van der Waals surface area contributed by atoms with Crippen LogP contribution in [0.1, 0.15) is 34.1 Å². The van der Waals surface area contributed by atoms with Crippen molar-refractivity contribution in [2.45, 2.75) is 26.4 Å². The van der Waals surface area contributed by atoms with E-state index < -0.39 is 6.04 Å². The number of piperazine rings is 1. The molecule has 1 aliphatic heterocycles. The van der Waals surface area contributed by atoms with Crippen LogP contribution in [0, 0.1) is 13.8 Å². The van der Waals surface area contributed by atoms with Gasteiger partial charge in [0.05, 0.1) is 19.2 Å². The largest absolute Gasteiger partial charge is 0.497 e. The number of aryl methyl sites for hydroxylation is 2. The van der Waals surface area contributed by atoms with Crippen LogP contribution in [0.5, 0.6) is 5.75 Å². The normalized spacial score (nSPS) is 14.9. The third-order valence-electron chi connectivity index (χ3n) is 7.71. The molecule has 9 nitrogen and oxygen atoms in total. The molecule has 0 unspecified atom stereocenters. The molecular weight excluding hydrogens is 502 g/mol. The molecule has 1 aliphatic rings. The van der Waals surface area contributed by atoms with Crippen molar-refractivity contribution >= 4 is 16.6 Å². The van der Waals surface area contributed by atoms with Crippen LogP contribution >= 0.6 is 0 Å². The molecule has 0 saturated carbocycles. The molecule has 0 aliphatic carbocycles. The first-order valence-electron chi connectivity index (χ1n) is 13.6. The number of hydrogen-bond acceptors (Lipinski definition) is 7. The number of ether oxygens (including phenoxy) is 1. The number of nitrogens with zero attached hydrogens (tertiary/aromatic N) is 6. The predicted octanol–water partition coefficient (Wildman–Crippen LogP) is 4.10. The third kappa shape index (κ3) is 5.08. The zero-order chi connectivity index (χ0) is 27.6. The third-order valence-corrected chi connectivity index (χ3v) is 7.71. The summed E-state index contributed by atoms with van der Waals surface area (Å²) in [5, 5.41) is 13.9. The summed E-state index contributed by atoms with van der Waals surface area (Å²) in [4.78, 5) is 21.5. The lowest BCUT2D eigenvalue weighted by Crippen LogP contribution is -2.49. The Bertz CT molecular complexity index is 1670. The second-order valence-corrected chi connectivity index (χ2v) is 10.4. The summed E-state index contributed by atoms with van der Waals surface area (Å²) in [5.41, 5.74) is 5.86. The molecule has 1 N–H and O–H groups in total. The molecule has 3 heterocycles. The Labute approximate surface area is 233 Å². The Morgan fingerprint density at radius 3 is 2.42 bits per heavy atom. The Kier molecular flexibility index (Phi) is 7.04. The molecule has 2 aromatic heterocycles. The van der Waals surface area contributed by atoms with Crippen molar-refractivity contribution < 1.29 is 4.74 Å². The molecule has 6 rings (SSSR count). The molecular formula is C31H33N7O2. The molecule has 0 bridgehead atoms. The molecule has 0 radical (unpaired) electrons. The number of rotatable bonds is 7. The number of anilines is 1. The summed E-state index contributed by atoms with van der Waals surface area (Å²) in [6, 6.07) is 24.1. The number of aromatic amines is 1. The number of pyridine rings is 1.